The van der Waals surface area contributed by atoms with Crippen LogP contribution in [0.2, 0.25) is 0 Å². The maximum atomic E-state index is 12.6. The molecule has 6 heteroatoms. The molecule has 1 saturated heterocycles. The number of nitrogens with one attached hydrogen (secondary N) is 2. The second-order valence-corrected chi connectivity index (χ2v) is 6.81. The Hall–Kier alpha value is -2.60. The van der Waals surface area contributed by atoms with Crippen LogP contribution >= 0.6 is 0 Å². The number of fused-ring (bicyclic) bond motifs is 1. The zero-order valence-corrected chi connectivity index (χ0v) is 14.8. The highest BCUT2D eigenvalue weighted by Gasteiger charge is 2.23. The lowest BCUT2D eigenvalue weighted by molar-refractivity contribution is -0.129. The van der Waals surface area contributed by atoms with Crippen molar-refractivity contribution in [2.24, 2.45) is 5.92 Å². The average Bonchev–Trinajstić information content (AvgIpc) is 2.68. The summed E-state index contributed by atoms with van der Waals surface area (Å²) in [6.07, 6.45) is 3.96. The topological polar surface area (TPSA) is 81.7 Å². The van der Waals surface area contributed by atoms with Crippen molar-refractivity contribution in [2.75, 3.05) is 18.4 Å². The normalized spacial score (nSPS) is 15.0. The van der Waals surface area contributed by atoms with Gasteiger partial charge in [-0.25, -0.2) is 10.3 Å². The summed E-state index contributed by atoms with van der Waals surface area (Å²) in [7, 11) is 0. The fraction of sp³-hybridized carbons (Fsp3) is 0.400. The first-order valence-electron chi connectivity index (χ1n) is 9.14. The third-order valence-corrected chi connectivity index (χ3v) is 5.07. The second kappa shape index (κ2) is 8.67. The number of carbonyl (C=O) groups is 2. The third-order valence-electron chi connectivity index (χ3n) is 5.07. The van der Waals surface area contributed by atoms with Crippen LogP contribution in [0.15, 0.2) is 42.5 Å². The van der Waals surface area contributed by atoms with Crippen LogP contribution in [0.3, 0.4) is 0 Å². The molecular weight excluding hydrogens is 330 g/mol. The van der Waals surface area contributed by atoms with Crippen molar-refractivity contribution in [3.05, 3.63) is 42.5 Å². The molecule has 3 rings (SSSR count). The molecule has 138 valence electrons. The summed E-state index contributed by atoms with van der Waals surface area (Å²) in [5.74, 6) is 0.194. The Morgan fingerprint density at radius 3 is 2.58 bits per heavy atom. The zero-order valence-electron chi connectivity index (χ0n) is 14.8. The van der Waals surface area contributed by atoms with Crippen LogP contribution in [-0.2, 0) is 4.79 Å². The highest BCUT2D eigenvalue weighted by Crippen LogP contribution is 2.25. The molecule has 0 aromatic heterocycles. The Labute approximate surface area is 153 Å². The first-order valence-corrected chi connectivity index (χ1v) is 9.14. The largest absolute Gasteiger partial charge is 0.325 e. The van der Waals surface area contributed by atoms with Crippen molar-refractivity contribution >= 4 is 28.4 Å². The third kappa shape index (κ3) is 4.52. The molecule has 1 fully saturated rings. The van der Waals surface area contributed by atoms with E-state index in [4.69, 9.17) is 5.21 Å². The molecule has 26 heavy (non-hydrogen) atoms. The van der Waals surface area contributed by atoms with Crippen LogP contribution in [-0.4, -0.2) is 35.1 Å². The quantitative estimate of drug-likeness (QED) is 0.564. The summed E-state index contributed by atoms with van der Waals surface area (Å²) < 4.78 is 0. The Balaban J connectivity index is 1.50. The first kappa shape index (κ1) is 18.2. The standard InChI is InChI=1S/C20H25N3O3/c24-19(22-26)10-3-5-15-11-13-23(14-12-15)20(25)21-18-9-4-7-16-6-1-2-8-17(16)18/h1-2,4,6-9,15,26H,3,5,10-14H2,(H,21,25)(H,22,24). The van der Waals surface area contributed by atoms with E-state index in [2.05, 4.69) is 5.32 Å². The molecule has 0 atom stereocenters. The van der Waals surface area contributed by atoms with Crippen LogP contribution in [0.5, 0.6) is 0 Å². The van der Waals surface area contributed by atoms with Gasteiger partial charge in [0, 0.05) is 24.9 Å². The van der Waals surface area contributed by atoms with Crippen molar-refractivity contribution in [1.82, 2.24) is 10.4 Å². The highest BCUT2D eigenvalue weighted by molar-refractivity contribution is 6.01. The van der Waals surface area contributed by atoms with Gasteiger partial charge in [-0.2, -0.15) is 0 Å². The Morgan fingerprint density at radius 2 is 1.81 bits per heavy atom. The number of piperidine rings is 1. The molecular formula is C20H25N3O3. The fourth-order valence-corrected chi connectivity index (χ4v) is 3.56. The number of likely N-dealkylation sites (tertiary alicyclic amines) is 1. The lowest BCUT2D eigenvalue weighted by Gasteiger charge is -2.32. The molecule has 6 nitrogen and oxygen atoms in total. The van der Waals surface area contributed by atoms with Crippen LogP contribution in [0.4, 0.5) is 10.5 Å². The molecule has 1 heterocycles. The maximum Gasteiger partial charge on any atom is 0.321 e. The van der Waals surface area contributed by atoms with Gasteiger partial charge >= 0.3 is 6.03 Å². The summed E-state index contributed by atoms with van der Waals surface area (Å²) >= 11 is 0. The smallest absolute Gasteiger partial charge is 0.321 e. The van der Waals surface area contributed by atoms with Crippen LogP contribution < -0.4 is 10.8 Å². The van der Waals surface area contributed by atoms with Crippen LogP contribution in [0.25, 0.3) is 10.8 Å². The molecule has 2 aromatic rings. The van der Waals surface area contributed by atoms with Crippen LogP contribution in [0, 0.1) is 5.92 Å². The summed E-state index contributed by atoms with van der Waals surface area (Å²) in [6, 6.07) is 13.9. The molecule has 0 spiro atoms. The van der Waals surface area contributed by atoms with Crippen molar-refractivity contribution in [2.45, 2.75) is 32.1 Å². The minimum absolute atomic E-state index is 0.0561. The second-order valence-electron chi connectivity index (χ2n) is 6.81. The summed E-state index contributed by atoms with van der Waals surface area (Å²) in [5, 5.41) is 13.7. The van der Waals surface area contributed by atoms with Crippen molar-refractivity contribution < 1.29 is 14.8 Å². The first-order chi connectivity index (χ1) is 12.7. The lowest BCUT2D eigenvalue weighted by atomic mass is 9.91. The van der Waals surface area contributed by atoms with Crippen molar-refractivity contribution in [3.63, 3.8) is 0 Å². The van der Waals surface area contributed by atoms with Gasteiger partial charge in [0.1, 0.15) is 0 Å². The number of carbonyl (C=O) groups excluding carboxylic acids is 2. The number of amides is 3. The van der Waals surface area contributed by atoms with E-state index in [1.165, 1.54) is 0 Å². The van der Waals surface area contributed by atoms with Gasteiger partial charge in [0.05, 0.1) is 5.69 Å². The summed E-state index contributed by atoms with van der Waals surface area (Å²) in [4.78, 5) is 25.5. The molecule has 0 radical (unpaired) electrons. The number of rotatable bonds is 5. The maximum absolute atomic E-state index is 12.6. The SMILES string of the molecule is O=C(CCCC1CCN(C(=O)Nc2cccc3ccccc23)CC1)NO. The molecule has 0 aliphatic carbocycles. The van der Waals surface area contributed by atoms with E-state index in [1.54, 1.807) is 5.48 Å². The number of benzene rings is 2. The average molecular weight is 355 g/mol. The Bertz CT molecular complexity index is 764. The van der Waals surface area contributed by atoms with Crippen molar-refractivity contribution in [1.29, 1.82) is 0 Å². The van der Waals surface area contributed by atoms with Gasteiger partial charge in [0.2, 0.25) is 5.91 Å². The molecule has 0 bridgehead atoms. The van der Waals surface area contributed by atoms with Gasteiger partial charge in [-0.1, -0.05) is 36.4 Å². The van der Waals surface area contributed by atoms with Gasteiger partial charge in [-0.15, -0.1) is 0 Å². The fourth-order valence-electron chi connectivity index (χ4n) is 3.56. The number of anilines is 1. The Kier molecular flexibility index (Phi) is 6.07. The number of nitrogens with zero attached hydrogens (tertiary/aromatic N) is 1. The Morgan fingerprint density at radius 1 is 1.08 bits per heavy atom. The number of hydrogen-bond acceptors (Lipinski definition) is 3. The molecule has 1 aliphatic rings. The van der Waals surface area contributed by atoms with Gasteiger partial charge in [-0.05, 0) is 43.1 Å². The van der Waals surface area contributed by atoms with Gasteiger partial charge in [0.15, 0.2) is 0 Å². The van der Waals surface area contributed by atoms with Gasteiger partial charge in [0.25, 0.3) is 0 Å². The van der Waals surface area contributed by atoms with E-state index in [0.717, 1.165) is 55.2 Å². The zero-order chi connectivity index (χ0) is 18.4. The predicted octanol–water partition coefficient (Wildman–Crippen LogP) is 3.76. The summed E-state index contributed by atoms with van der Waals surface area (Å²) in [5.41, 5.74) is 2.50. The van der Waals surface area contributed by atoms with E-state index in [9.17, 15) is 9.59 Å². The molecule has 2 aromatic carbocycles. The number of urea groups is 1. The minimum atomic E-state index is -0.336. The van der Waals surface area contributed by atoms with E-state index >= 15 is 0 Å². The van der Waals surface area contributed by atoms with Gasteiger partial charge in [-0.3, -0.25) is 10.0 Å². The predicted molar refractivity (Wildman–Crippen MR) is 101 cm³/mol. The molecule has 0 saturated carbocycles. The monoisotopic (exact) mass is 355 g/mol. The number of hydrogen-bond donors (Lipinski definition) is 3. The van der Waals surface area contributed by atoms with Gasteiger partial charge < -0.3 is 10.2 Å². The van der Waals surface area contributed by atoms with Crippen LogP contribution in [0.1, 0.15) is 32.1 Å². The van der Waals surface area contributed by atoms with E-state index in [-0.39, 0.29) is 11.9 Å². The lowest BCUT2D eigenvalue weighted by Crippen LogP contribution is -2.41. The molecule has 3 amide bonds. The van der Waals surface area contributed by atoms with E-state index < -0.39 is 0 Å². The number of hydroxylamine groups is 1. The van der Waals surface area contributed by atoms with E-state index in [1.807, 2.05) is 47.4 Å². The molecule has 1 aliphatic heterocycles. The summed E-state index contributed by atoms with van der Waals surface area (Å²) in [6.45, 7) is 1.46. The highest BCUT2D eigenvalue weighted by atomic mass is 16.5. The van der Waals surface area contributed by atoms with Crippen molar-refractivity contribution in [3.8, 4) is 0 Å². The molecule has 3 N–H and O–H groups in total. The molecule has 0 unspecified atom stereocenters. The minimum Gasteiger partial charge on any atom is -0.325 e. The van der Waals surface area contributed by atoms with E-state index in [0.29, 0.717) is 12.3 Å².